The van der Waals surface area contributed by atoms with Crippen LogP contribution in [-0.4, -0.2) is 47.7 Å². The second-order valence-corrected chi connectivity index (χ2v) is 3.27. The molecule has 0 aromatic rings. The van der Waals surface area contributed by atoms with Crippen LogP contribution in [0.1, 0.15) is 13.3 Å². The van der Waals surface area contributed by atoms with Gasteiger partial charge in [-0.25, -0.2) is 9.59 Å². The van der Waals surface area contributed by atoms with Gasteiger partial charge in [-0.3, -0.25) is 0 Å². The van der Waals surface area contributed by atoms with Crippen molar-refractivity contribution < 1.29 is 19.8 Å². The van der Waals surface area contributed by atoms with Crippen LogP contribution < -0.4 is 0 Å². The molecular weight excluding hydrogens is 222 g/mol. The van der Waals surface area contributed by atoms with Crippen LogP contribution in [0, 0.1) is 0 Å². The van der Waals surface area contributed by atoms with Crippen LogP contribution in [0.15, 0.2) is 11.1 Å². The van der Waals surface area contributed by atoms with E-state index < -0.39 is 11.9 Å². The summed E-state index contributed by atoms with van der Waals surface area (Å²) in [6, 6.07) is 0. The van der Waals surface area contributed by atoms with Crippen molar-refractivity contribution in [3.8, 4) is 0 Å². The van der Waals surface area contributed by atoms with Crippen LogP contribution in [0.2, 0.25) is 0 Å². The normalized spacial score (nSPS) is 11.7. The van der Waals surface area contributed by atoms with Gasteiger partial charge < -0.3 is 15.1 Å². The monoisotopic (exact) mass is 237 g/mol. The number of carboxylic acid groups (broad SMARTS) is 2. The maximum atomic E-state index is 10.7. The van der Waals surface area contributed by atoms with E-state index in [0.717, 1.165) is 0 Å². The quantitative estimate of drug-likeness (QED) is 0.693. The van der Waals surface area contributed by atoms with Gasteiger partial charge in [-0.05, 0) is 27.4 Å². The third kappa shape index (κ3) is 6.09. The van der Waals surface area contributed by atoms with E-state index in [2.05, 4.69) is 0 Å². The first kappa shape index (κ1) is 16.4. The Morgan fingerprint density at radius 3 is 1.87 bits per heavy atom. The summed E-state index contributed by atoms with van der Waals surface area (Å²) in [6.45, 7) is 1.83. The lowest BCUT2D eigenvalue weighted by Gasteiger charge is -2.10. The molecule has 0 aliphatic carbocycles. The van der Waals surface area contributed by atoms with Gasteiger partial charge in [0, 0.05) is 17.7 Å². The summed E-state index contributed by atoms with van der Waals surface area (Å²) >= 11 is 0. The molecule has 2 N–H and O–H groups in total. The van der Waals surface area contributed by atoms with E-state index >= 15 is 0 Å². The van der Waals surface area contributed by atoms with Crippen LogP contribution >= 0.6 is 12.4 Å². The molecule has 5 nitrogen and oxygen atoms in total. The third-order valence-electron chi connectivity index (χ3n) is 1.84. The van der Waals surface area contributed by atoms with E-state index in [1.165, 1.54) is 6.92 Å². The fraction of sp³-hybridized carbons (Fsp3) is 0.556. The Kier molecular flexibility index (Phi) is 7.91. The van der Waals surface area contributed by atoms with Gasteiger partial charge in [0.05, 0.1) is 0 Å². The molecule has 0 rings (SSSR count). The zero-order valence-corrected chi connectivity index (χ0v) is 9.80. The first-order valence-electron chi connectivity index (χ1n) is 4.17. The maximum Gasteiger partial charge on any atom is 0.332 e. The molecule has 0 fully saturated rings. The zero-order valence-electron chi connectivity index (χ0n) is 8.98. The van der Waals surface area contributed by atoms with E-state index in [0.29, 0.717) is 6.54 Å². The Hall–Kier alpha value is -1.07. The minimum Gasteiger partial charge on any atom is -0.478 e. The highest BCUT2D eigenvalue weighted by Crippen LogP contribution is 2.09. The SMILES string of the molecule is C/C(C(=O)O)=C(/CCN(C)C)C(=O)O.Cl. The van der Waals surface area contributed by atoms with Crippen LogP contribution in [0.25, 0.3) is 0 Å². The smallest absolute Gasteiger partial charge is 0.332 e. The predicted octanol–water partition coefficient (Wildman–Crippen LogP) is 0.846. The molecule has 0 aliphatic rings. The van der Waals surface area contributed by atoms with Gasteiger partial charge in [0.15, 0.2) is 0 Å². The number of nitrogens with zero attached hydrogens (tertiary/aromatic N) is 1. The minimum atomic E-state index is -1.18. The highest BCUT2D eigenvalue weighted by Gasteiger charge is 2.15. The molecule has 0 amide bonds. The van der Waals surface area contributed by atoms with Gasteiger partial charge >= 0.3 is 11.9 Å². The zero-order chi connectivity index (χ0) is 11.3. The Morgan fingerprint density at radius 2 is 1.60 bits per heavy atom. The molecule has 0 spiro atoms. The van der Waals surface area contributed by atoms with Crippen LogP contribution in [-0.2, 0) is 9.59 Å². The van der Waals surface area contributed by atoms with Crippen LogP contribution in [0.5, 0.6) is 0 Å². The largest absolute Gasteiger partial charge is 0.478 e. The Morgan fingerprint density at radius 1 is 1.13 bits per heavy atom. The summed E-state index contributed by atoms with van der Waals surface area (Å²) in [5.41, 5.74) is -0.134. The summed E-state index contributed by atoms with van der Waals surface area (Å²) in [5, 5.41) is 17.4. The van der Waals surface area contributed by atoms with Crippen LogP contribution in [0.3, 0.4) is 0 Å². The highest BCUT2D eigenvalue weighted by molar-refractivity contribution is 5.98. The van der Waals surface area contributed by atoms with Gasteiger partial charge in [0.2, 0.25) is 0 Å². The number of carboxylic acids is 2. The average Bonchev–Trinajstić information content (AvgIpc) is 2.02. The molecular formula is C9H16ClNO4. The third-order valence-corrected chi connectivity index (χ3v) is 1.84. The second-order valence-electron chi connectivity index (χ2n) is 3.27. The molecule has 0 saturated carbocycles. The summed E-state index contributed by atoms with van der Waals surface area (Å²) in [7, 11) is 3.60. The molecule has 0 radical (unpaired) electrons. The molecule has 0 unspecified atom stereocenters. The van der Waals surface area contributed by atoms with Gasteiger partial charge in [0.1, 0.15) is 0 Å². The average molecular weight is 238 g/mol. The van der Waals surface area contributed by atoms with Crippen molar-refractivity contribution in [3.05, 3.63) is 11.1 Å². The van der Waals surface area contributed by atoms with Crippen molar-refractivity contribution >= 4 is 24.3 Å². The van der Waals surface area contributed by atoms with E-state index in [1.807, 2.05) is 0 Å². The summed E-state index contributed by atoms with van der Waals surface area (Å²) in [4.78, 5) is 23.1. The number of rotatable bonds is 5. The summed E-state index contributed by atoms with van der Waals surface area (Å²) in [6.07, 6.45) is 0.237. The van der Waals surface area contributed by atoms with Gasteiger partial charge in [-0.15, -0.1) is 12.4 Å². The molecule has 0 aromatic heterocycles. The fourth-order valence-electron chi connectivity index (χ4n) is 0.919. The van der Waals surface area contributed by atoms with Crippen molar-refractivity contribution in [2.75, 3.05) is 20.6 Å². The lowest BCUT2D eigenvalue weighted by atomic mass is 10.1. The lowest BCUT2D eigenvalue weighted by molar-refractivity contribution is -0.136. The first-order chi connectivity index (χ1) is 6.36. The van der Waals surface area contributed by atoms with E-state index in [9.17, 15) is 9.59 Å². The topological polar surface area (TPSA) is 77.8 Å². The molecule has 0 saturated heterocycles. The Bertz CT molecular complexity index is 273. The second kappa shape index (κ2) is 7.25. The number of hydrogen-bond donors (Lipinski definition) is 2. The number of hydrogen-bond acceptors (Lipinski definition) is 3. The molecule has 0 bridgehead atoms. The molecule has 0 aliphatic heterocycles. The van der Waals surface area contributed by atoms with Crippen LogP contribution in [0.4, 0.5) is 0 Å². The van der Waals surface area contributed by atoms with Crippen molar-refractivity contribution in [2.45, 2.75) is 13.3 Å². The highest BCUT2D eigenvalue weighted by atomic mass is 35.5. The number of halogens is 1. The van der Waals surface area contributed by atoms with E-state index in [1.54, 1.807) is 19.0 Å². The van der Waals surface area contributed by atoms with Gasteiger partial charge in [0.25, 0.3) is 0 Å². The summed E-state index contributed by atoms with van der Waals surface area (Å²) in [5.74, 6) is -2.34. The molecule has 0 heterocycles. The molecule has 15 heavy (non-hydrogen) atoms. The van der Waals surface area contributed by atoms with E-state index in [-0.39, 0.29) is 30.0 Å². The van der Waals surface area contributed by atoms with Crippen molar-refractivity contribution in [3.63, 3.8) is 0 Å². The summed E-state index contributed by atoms with van der Waals surface area (Å²) < 4.78 is 0. The van der Waals surface area contributed by atoms with Gasteiger partial charge in [-0.2, -0.15) is 0 Å². The number of aliphatic carboxylic acids is 2. The molecule has 0 aromatic carbocycles. The Balaban J connectivity index is 0. The number of carbonyl (C=O) groups is 2. The standard InChI is InChI=1S/C9H15NO4.ClH/c1-6(8(11)12)7(9(13)14)4-5-10(2)3;/h4-5H2,1-3H3,(H,11,12)(H,13,14);1H/b7-6+;. The van der Waals surface area contributed by atoms with Crippen molar-refractivity contribution in [1.29, 1.82) is 0 Å². The maximum absolute atomic E-state index is 10.7. The predicted molar refractivity (Wildman–Crippen MR) is 58.4 cm³/mol. The van der Waals surface area contributed by atoms with Crippen molar-refractivity contribution in [2.24, 2.45) is 0 Å². The molecule has 6 heteroatoms. The lowest BCUT2D eigenvalue weighted by Crippen LogP contribution is -2.18. The fourth-order valence-corrected chi connectivity index (χ4v) is 0.919. The molecule has 0 atom stereocenters. The first-order valence-corrected chi connectivity index (χ1v) is 4.17. The molecule has 88 valence electrons. The van der Waals surface area contributed by atoms with E-state index in [4.69, 9.17) is 10.2 Å². The Labute approximate surface area is 94.8 Å². The van der Waals surface area contributed by atoms with Gasteiger partial charge in [-0.1, -0.05) is 0 Å². The minimum absolute atomic E-state index is 0. The van der Waals surface area contributed by atoms with Crippen molar-refractivity contribution in [1.82, 2.24) is 4.90 Å².